The van der Waals surface area contributed by atoms with E-state index in [1.165, 1.54) is 16.3 Å². The van der Waals surface area contributed by atoms with E-state index >= 15 is 0 Å². The summed E-state index contributed by atoms with van der Waals surface area (Å²) in [5, 5.41) is 19.4. The number of para-hydroxylation sites is 1. The number of nitrogens with one attached hydrogen (secondary N) is 1. The number of ether oxygens (including phenoxy) is 2. The average Bonchev–Trinajstić information content (AvgIpc) is 3.37. The van der Waals surface area contributed by atoms with E-state index in [1.807, 2.05) is 43.5 Å². The summed E-state index contributed by atoms with van der Waals surface area (Å²) in [7, 11) is 2.04. The number of anilines is 1. The monoisotopic (exact) mass is 527 g/mol. The molecule has 0 amide bonds. The lowest BCUT2D eigenvalue weighted by Crippen LogP contribution is -2.58. The maximum Gasteiger partial charge on any atom is 0.330 e. The highest BCUT2D eigenvalue weighted by molar-refractivity contribution is 5.72. The summed E-state index contributed by atoms with van der Waals surface area (Å²) in [5.41, 5.74) is 1.71. The van der Waals surface area contributed by atoms with Crippen molar-refractivity contribution in [3.63, 3.8) is 0 Å². The largest absolute Gasteiger partial charge is 0.463 e. The van der Waals surface area contributed by atoms with Gasteiger partial charge in [-0.15, -0.1) is 0 Å². The zero-order valence-electron chi connectivity index (χ0n) is 21.8. The summed E-state index contributed by atoms with van der Waals surface area (Å²) in [5.74, 6) is 6.59. The number of fused-ring (bicyclic) bond motifs is 2. The number of rotatable bonds is 2. The number of nitrogens with zero attached hydrogens (tertiary/aromatic N) is 2. The van der Waals surface area contributed by atoms with Gasteiger partial charge in [0, 0.05) is 36.5 Å². The molecule has 0 radical (unpaired) electrons. The van der Waals surface area contributed by atoms with Crippen LogP contribution in [0, 0.1) is 11.8 Å². The number of aromatic nitrogens is 2. The molecule has 0 saturated carbocycles. The molecule has 4 atom stereocenters. The second-order valence-electron chi connectivity index (χ2n) is 10.7. The molecule has 1 unspecified atom stereocenters. The first kappa shape index (κ1) is 25.2. The molecule has 3 N–H and O–H groups in total. The van der Waals surface area contributed by atoms with Crippen LogP contribution in [0.5, 0.6) is 5.75 Å². The number of aliphatic hydroxyl groups is 2. The Morgan fingerprint density at radius 1 is 1.15 bits per heavy atom. The molecular formula is C30H29N3O6. The van der Waals surface area contributed by atoms with Gasteiger partial charge >= 0.3 is 5.69 Å². The summed E-state index contributed by atoms with van der Waals surface area (Å²) in [6.07, 6.45) is 3.04. The van der Waals surface area contributed by atoms with E-state index in [4.69, 9.17) is 9.47 Å². The molecule has 4 heterocycles. The van der Waals surface area contributed by atoms with Crippen LogP contribution in [-0.2, 0) is 10.2 Å². The molecule has 1 aromatic heterocycles. The molecule has 6 rings (SSSR count). The standard InChI is InChI=1S/C30H29N3O6/c1-29(2)21-6-4-5-7-22(21)32(3)30(29)13-12-19-14-18(9-11-24(19)39-30)8-10-20-16-33(28(37)31-27(20)36)26-15-23(35)25(17-34)38-26/h4-7,9,11-14,16,23,25-26,34-35H,15,17H2,1-3H3,(H,31,36,37)/t23-,25-,26-,30?/m1/s1. The molecule has 39 heavy (non-hydrogen) atoms. The molecule has 9 nitrogen and oxygen atoms in total. The topological polar surface area (TPSA) is 117 Å². The van der Waals surface area contributed by atoms with Gasteiger partial charge in [-0.05, 0) is 55.8 Å². The second kappa shape index (κ2) is 8.99. The highest BCUT2D eigenvalue weighted by atomic mass is 16.5. The van der Waals surface area contributed by atoms with Gasteiger partial charge in [-0.2, -0.15) is 0 Å². The predicted molar refractivity (Wildman–Crippen MR) is 146 cm³/mol. The second-order valence-corrected chi connectivity index (χ2v) is 10.7. The SMILES string of the molecule is CN1c2ccccc2C(C)(C)C12C=Cc1cc(C#Cc3cn([C@H]4C[C@@H](O)[C@@H](CO)O4)c(=O)[nH]c3=O)ccc1O2. The van der Waals surface area contributed by atoms with Crippen LogP contribution in [0.25, 0.3) is 6.08 Å². The minimum atomic E-state index is -0.915. The van der Waals surface area contributed by atoms with E-state index in [9.17, 15) is 19.8 Å². The fraction of sp³-hybridized carbons (Fsp3) is 0.333. The summed E-state index contributed by atoms with van der Waals surface area (Å²) in [4.78, 5) is 29.2. The van der Waals surface area contributed by atoms with E-state index in [0.29, 0.717) is 5.56 Å². The quantitative estimate of drug-likeness (QED) is 0.437. The number of hydrogen-bond acceptors (Lipinski definition) is 7. The maximum absolute atomic E-state index is 12.4. The van der Waals surface area contributed by atoms with Crippen LogP contribution in [0.1, 0.15) is 48.8 Å². The highest BCUT2D eigenvalue weighted by Gasteiger charge is 2.57. The lowest BCUT2D eigenvalue weighted by Gasteiger charge is -2.45. The molecule has 0 aliphatic carbocycles. The smallest absolute Gasteiger partial charge is 0.330 e. The van der Waals surface area contributed by atoms with Gasteiger partial charge < -0.3 is 24.6 Å². The van der Waals surface area contributed by atoms with Crippen LogP contribution in [-0.4, -0.2) is 51.4 Å². The van der Waals surface area contributed by atoms with E-state index in [-0.39, 0.29) is 24.0 Å². The summed E-state index contributed by atoms with van der Waals surface area (Å²) < 4.78 is 13.4. The zero-order valence-corrected chi connectivity index (χ0v) is 21.8. The Labute approximate surface area is 224 Å². The lowest BCUT2D eigenvalue weighted by molar-refractivity contribution is -0.0459. The summed E-state index contributed by atoms with van der Waals surface area (Å²) in [6, 6.07) is 13.9. The number of hydrogen-bond donors (Lipinski definition) is 3. The van der Waals surface area contributed by atoms with E-state index < -0.39 is 35.4 Å². The van der Waals surface area contributed by atoms with Crippen LogP contribution < -0.4 is 20.9 Å². The first-order valence-corrected chi connectivity index (χ1v) is 12.8. The van der Waals surface area contributed by atoms with Gasteiger partial charge in [0.25, 0.3) is 5.56 Å². The third-order valence-corrected chi connectivity index (χ3v) is 8.10. The van der Waals surface area contributed by atoms with E-state index in [2.05, 4.69) is 53.8 Å². The Kier molecular flexibility index (Phi) is 5.81. The van der Waals surface area contributed by atoms with Crippen molar-refractivity contribution in [2.45, 2.75) is 49.8 Å². The summed E-state index contributed by atoms with van der Waals surface area (Å²) >= 11 is 0. The first-order valence-electron chi connectivity index (χ1n) is 12.8. The molecule has 1 fully saturated rings. The van der Waals surface area contributed by atoms with Gasteiger partial charge in [-0.3, -0.25) is 14.3 Å². The van der Waals surface area contributed by atoms with Gasteiger partial charge in [0.2, 0.25) is 5.72 Å². The third kappa shape index (κ3) is 3.83. The molecule has 2 aromatic carbocycles. The molecule has 0 bridgehead atoms. The van der Waals surface area contributed by atoms with Crippen molar-refractivity contribution < 1.29 is 19.7 Å². The Bertz CT molecular complexity index is 1680. The Hall–Kier alpha value is -4.10. The van der Waals surface area contributed by atoms with Crippen LogP contribution in [0.15, 0.2) is 64.3 Å². The van der Waals surface area contributed by atoms with Crippen molar-refractivity contribution in [3.8, 4) is 17.6 Å². The van der Waals surface area contributed by atoms with Crippen molar-refractivity contribution in [1.82, 2.24) is 9.55 Å². The zero-order chi connectivity index (χ0) is 27.5. The third-order valence-electron chi connectivity index (χ3n) is 8.10. The fourth-order valence-corrected chi connectivity index (χ4v) is 5.83. The average molecular weight is 528 g/mol. The molecular weight excluding hydrogens is 498 g/mol. The lowest BCUT2D eigenvalue weighted by atomic mass is 9.76. The predicted octanol–water partition coefficient (Wildman–Crippen LogP) is 2.11. The molecule has 1 saturated heterocycles. The minimum absolute atomic E-state index is 0.0794. The van der Waals surface area contributed by atoms with Gasteiger partial charge in [0.05, 0.1) is 18.1 Å². The Morgan fingerprint density at radius 2 is 1.95 bits per heavy atom. The van der Waals surface area contributed by atoms with Gasteiger partial charge in [-0.25, -0.2) is 4.79 Å². The van der Waals surface area contributed by atoms with Crippen LogP contribution in [0.4, 0.5) is 5.69 Å². The van der Waals surface area contributed by atoms with Crippen LogP contribution in [0.2, 0.25) is 0 Å². The molecule has 9 heteroatoms. The van der Waals surface area contributed by atoms with Crippen molar-refractivity contribution in [2.24, 2.45) is 0 Å². The van der Waals surface area contributed by atoms with Crippen molar-refractivity contribution in [3.05, 3.63) is 97.8 Å². The number of H-pyrrole nitrogens is 1. The number of aliphatic hydroxyl groups excluding tert-OH is 2. The highest BCUT2D eigenvalue weighted by Crippen LogP contribution is 2.54. The fourth-order valence-electron chi connectivity index (χ4n) is 5.83. The Morgan fingerprint density at radius 3 is 2.69 bits per heavy atom. The van der Waals surface area contributed by atoms with Crippen LogP contribution >= 0.6 is 0 Å². The molecule has 3 aliphatic rings. The minimum Gasteiger partial charge on any atom is -0.463 e. The molecule has 3 aliphatic heterocycles. The number of likely N-dealkylation sites (N-methyl/N-ethyl adjacent to an activating group) is 1. The van der Waals surface area contributed by atoms with Gasteiger partial charge in [0.15, 0.2) is 0 Å². The van der Waals surface area contributed by atoms with Crippen molar-refractivity contribution in [2.75, 3.05) is 18.6 Å². The van der Waals surface area contributed by atoms with Crippen molar-refractivity contribution in [1.29, 1.82) is 0 Å². The van der Waals surface area contributed by atoms with Gasteiger partial charge in [0.1, 0.15) is 23.6 Å². The van der Waals surface area contributed by atoms with E-state index in [0.717, 1.165) is 17.0 Å². The number of benzene rings is 2. The van der Waals surface area contributed by atoms with Gasteiger partial charge in [-0.1, -0.05) is 30.0 Å². The number of aromatic amines is 1. The molecule has 1 spiro atoms. The Balaban J connectivity index is 1.29. The summed E-state index contributed by atoms with van der Waals surface area (Å²) in [6.45, 7) is 3.99. The first-order chi connectivity index (χ1) is 18.6. The van der Waals surface area contributed by atoms with E-state index in [1.54, 1.807) is 0 Å². The van der Waals surface area contributed by atoms with Crippen LogP contribution in [0.3, 0.4) is 0 Å². The maximum atomic E-state index is 12.4. The molecule has 3 aromatic rings. The molecule has 200 valence electrons. The normalized spacial score (nSPS) is 26.1. The van der Waals surface area contributed by atoms with Crippen molar-refractivity contribution >= 4 is 11.8 Å².